The molecule has 0 unspecified atom stereocenters. The Morgan fingerprint density at radius 3 is 2.78 bits per heavy atom. The summed E-state index contributed by atoms with van der Waals surface area (Å²) in [4.78, 5) is 7.83. The smallest absolute Gasteiger partial charge is 0.0798 e. The molecule has 1 heterocycles. The number of rotatable bonds is 4. The van der Waals surface area contributed by atoms with E-state index < -0.39 is 0 Å². The van der Waals surface area contributed by atoms with Crippen LogP contribution in [0.5, 0.6) is 0 Å². The van der Waals surface area contributed by atoms with Gasteiger partial charge in [-0.25, -0.2) is 4.98 Å². The van der Waals surface area contributed by atoms with Crippen LogP contribution < -0.4 is 5.73 Å². The summed E-state index contributed by atoms with van der Waals surface area (Å²) in [5.41, 5.74) is 11.0. The Morgan fingerprint density at radius 2 is 2.17 bits per heavy atom. The average Bonchev–Trinajstić information content (AvgIpc) is 2.70. The van der Waals surface area contributed by atoms with E-state index in [9.17, 15) is 0 Å². The van der Waals surface area contributed by atoms with Crippen molar-refractivity contribution in [1.29, 1.82) is 0 Å². The minimum Gasteiger partial charge on any atom is -0.398 e. The lowest BCUT2D eigenvalue weighted by Crippen LogP contribution is -2.18. The highest BCUT2D eigenvalue weighted by Crippen LogP contribution is 2.24. The standard InChI is InChI=1S/C13H16BrN3S/c1-9-13(18-8-16-9)7-17(2)6-10-11(14)4-3-5-12(10)15/h3-5,8H,6-7,15H2,1-2H3. The zero-order valence-electron chi connectivity index (χ0n) is 10.5. The number of hydrogen-bond acceptors (Lipinski definition) is 4. The van der Waals surface area contributed by atoms with E-state index in [0.717, 1.165) is 34.5 Å². The highest BCUT2D eigenvalue weighted by Gasteiger charge is 2.10. The molecule has 96 valence electrons. The molecule has 5 heteroatoms. The van der Waals surface area contributed by atoms with Gasteiger partial charge in [-0.3, -0.25) is 4.90 Å². The Labute approximate surface area is 120 Å². The molecule has 0 saturated carbocycles. The molecule has 0 aliphatic carbocycles. The quantitative estimate of drug-likeness (QED) is 0.876. The minimum atomic E-state index is 0.824. The molecule has 2 N–H and O–H groups in total. The molecule has 1 aromatic heterocycles. The zero-order valence-corrected chi connectivity index (χ0v) is 12.9. The van der Waals surface area contributed by atoms with Crippen molar-refractivity contribution in [2.24, 2.45) is 0 Å². The van der Waals surface area contributed by atoms with E-state index in [-0.39, 0.29) is 0 Å². The van der Waals surface area contributed by atoms with Crippen LogP contribution >= 0.6 is 27.3 Å². The predicted octanol–water partition coefficient (Wildman–Crippen LogP) is 3.43. The Hall–Kier alpha value is -0.910. The van der Waals surface area contributed by atoms with Gasteiger partial charge < -0.3 is 5.73 Å². The maximum atomic E-state index is 6.01. The van der Waals surface area contributed by atoms with E-state index in [1.165, 1.54) is 4.88 Å². The van der Waals surface area contributed by atoms with Gasteiger partial charge in [0, 0.05) is 33.7 Å². The maximum absolute atomic E-state index is 6.01. The molecule has 0 atom stereocenters. The molecule has 0 radical (unpaired) electrons. The van der Waals surface area contributed by atoms with Gasteiger partial charge in [0.25, 0.3) is 0 Å². The number of thiazole rings is 1. The molecular weight excluding hydrogens is 310 g/mol. The van der Waals surface area contributed by atoms with Crippen molar-refractivity contribution in [3.05, 3.63) is 44.3 Å². The predicted molar refractivity (Wildman–Crippen MR) is 80.6 cm³/mol. The third-order valence-electron chi connectivity index (χ3n) is 2.84. The van der Waals surface area contributed by atoms with E-state index in [2.05, 4.69) is 32.9 Å². The second kappa shape index (κ2) is 5.82. The number of benzene rings is 1. The number of anilines is 1. The molecule has 2 rings (SSSR count). The van der Waals surface area contributed by atoms with Crippen molar-refractivity contribution in [2.75, 3.05) is 12.8 Å². The van der Waals surface area contributed by atoms with Crippen LogP contribution in [0.15, 0.2) is 28.2 Å². The minimum absolute atomic E-state index is 0.824. The van der Waals surface area contributed by atoms with E-state index in [4.69, 9.17) is 5.73 Å². The largest absolute Gasteiger partial charge is 0.398 e. The first-order valence-electron chi connectivity index (χ1n) is 5.68. The van der Waals surface area contributed by atoms with Gasteiger partial charge in [-0.2, -0.15) is 0 Å². The molecule has 1 aromatic carbocycles. The van der Waals surface area contributed by atoms with Crippen LogP contribution in [0.3, 0.4) is 0 Å². The Kier molecular flexibility index (Phi) is 4.37. The first kappa shape index (κ1) is 13.5. The molecule has 3 nitrogen and oxygen atoms in total. The second-order valence-corrected chi connectivity index (χ2v) is 6.13. The summed E-state index contributed by atoms with van der Waals surface area (Å²) in [6, 6.07) is 5.92. The van der Waals surface area contributed by atoms with E-state index in [1.54, 1.807) is 11.3 Å². The van der Waals surface area contributed by atoms with Crippen LogP contribution in [0.4, 0.5) is 5.69 Å². The van der Waals surface area contributed by atoms with Crippen LogP contribution in [0.2, 0.25) is 0 Å². The van der Waals surface area contributed by atoms with Gasteiger partial charge in [-0.15, -0.1) is 11.3 Å². The van der Waals surface area contributed by atoms with E-state index in [0.29, 0.717) is 0 Å². The van der Waals surface area contributed by atoms with Crippen molar-refractivity contribution in [1.82, 2.24) is 9.88 Å². The topological polar surface area (TPSA) is 42.2 Å². The van der Waals surface area contributed by atoms with Gasteiger partial charge in [-0.1, -0.05) is 22.0 Å². The fraction of sp³-hybridized carbons (Fsp3) is 0.308. The molecule has 0 saturated heterocycles. The molecule has 0 spiro atoms. The number of aromatic nitrogens is 1. The lowest BCUT2D eigenvalue weighted by molar-refractivity contribution is 0.321. The fourth-order valence-corrected chi connectivity index (χ4v) is 3.15. The van der Waals surface area contributed by atoms with Gasteiger partial charge >= 0.3 is 0 Å². The summed E-state index contributed by atoms with van der Waals surface area (Å²) < 4.78 is 1.07. The summed E-state index contributed by atoms with van der Waals surface area (Å²) in [7, 11) is 2.10. The molecule has 18 heavy (non-hydrogen) atoms. The van der Waals surface area contributed by atoms with Gasteiger partial charge in [0.1, 0.15) is 0 Å². The van der Waals surface area contributed by atoms with Gasteiger partial charge in [0.15, 0.2) is 0 Å². The number of aryl methyl sites for hydroxylation is 1. The van der Waals surface area contributed by atoms with Gasteiger partial charge in [-0.05, 0) is 26.1 Å². The van der Waals surface area contributed by atoms with E-state index >= 15 is 0 Å². The summed E-state index contributed by atoms with van der Waals surface area (Å²) in [5.74, 6) is 0. The van der Waals surface area contributed by atoms with Crippen molar-refractivity contribution in [3.8, 4) is 0 Å². The summed E-state index contributed by atoms with van der Waals surface area (Å²) >= 11 is 5.25. The van der Waals surface area contributed by atoms with Crippen molar-refractivity contribution in [3.63, 3.8) is 0 Å². The third-order valence-corrected chi connectivity index (χ3v) is 4.50. The van der Waals surface area contributed by atoms with Crippen LogP contribution in [0, 0.1) is 6.92 Å². The third kappa shape index (κ3) is 3.10. The monoisotopic (exact) mass is 325 g/mol. The lowest BCUT2D eigenvalue weighted by Gasteiger charge is -2.18. The van der Waals surface area contributed by atoms with Gasteiger partial charge in [0.2, 0.25) is 0 Å². The molecule has 2 aromatic rings. The molecule has 0 aliphatic rings. The fourth-order valence-electron chi connectivity index (χ4n) is 1.79. The molecule has 0 amide bonds. The number of nitrogens with zero attached hydrogens (tertiary/aromatic N) is 2. The number of halogens is 1. The molecule has 0 bridgehead atoms. The first-order valence-corrected chi connectivity index (χ1v) is 7.35. The average molecular weight is 326 g/mol. The lowest BCUT2D eigenvalue weighted by atomic mass is 10.1. The van der Waals surface area contributed by atoms with E-state index in [1.807, 2.05) is 30.6 Å². The van der Waals surface area contributed by atoms with Crippen LogP contribution in [0.25, 0.3) is 0 Å². The van der Waals surface area contributed by atoms with Crippen LogP contribution in [0.1, 0.15) is 16.1 Å². The van der Waals surface area contributed by atoms with Crippen molar-refractivity contribution in [2.45, 2.75) is 20.0 Å². The summed E-state index contributed by atoms with van der Waals surface area (Å²) in [6.07, 6.45) is 0. The zero-order chi connectivity index (χ0) is 13.1. The second-order valence-electron chi connectivity index (χ2n) is 4.34. The molecule has 0 fully saturated rings. The normalized spacial score (nSPS) is 11.1. The Bertz CT molecular complexity index is 519. The SMILES string of the molecule is Cc1ncsc1CN(C)Cc1c(N)cccc1Br. The van der Waals surface area contributed by atoms with Crippen LogP contribution in [-0.4, -0.2) is 16.9 Å². The number of nitrogen functional groups attached to an aromatic ring is 1. The highest BCUT2D eigenvalue weighted by molar-refractivity contribution is 9.10. The molecular formula is C13H16BrN3S. The van der Waals surface area contributed by atoms with Crippen molar-refractivity contribution < 1.29 is 0 Å². The summed E-state index contributed by atoms with van der Waals surface area (Å²) in [5, 5.41) is 0. The Balaban J connectivity index is 2.08. The first-order chi connectivity index (χ1) is 8.58. The number of nitrogens with two attached hydrogens (primary N) is 1. The van der Waals surface area contributed by atoms with Gasteiger partial charge in [0.05, 0.1) is 11.2 Å². The highest BCUT2D eigenvalue weighted by atomic mass is 79.9. The number of hydrogen-bond donors (Lipinski definition) is 1. The van der Waals surface area contributed by atoms with Crippen molar-refractivity contribution >= 4 is 33.0 Å². The maximum Gasteiger partial charge on any atom is 0.0798 e. The Morgan fingerprint density at radius 1 is 1.39 bits per heavy atom. The molecule has 0 aliphatic heterocycles. The summed E-state index contributed by atoms with van der Waals surface area (Å²) in [6.45, 7) is 3.77. The van der Waals surface area contributed by atoms with Crippen LogP contribution in [-0.2, 0) is 13.1 Å².